The molecule has 0 amide bonds. The van der Waals surface area contributed by atoms with Gasteiger partial charge in [0.05, 0.1) is 13.4 Å². The Kier molecular flexibility index (Phi) is 4.94. The van der Waals surface area contributed by atoms with Gasteiger partial charge < -0.3 is 10.1 Å². The molecule has 0 atom stereocenters. The Hall–Kier alpha value is -2.87. The highest BCUT2D eigenvalue weighted by molar-refractivity contribution is 7.89. The van der Waals surface area contributed by atoms with Crippen molar-refractivity contribution in [2.24, 2.45) is 0 Å². The van der Waals surface area contributed by atoms with E-state index >= 15 is 0 Å². The van der Waals surface area contributed by atoms with E-state index in [2.05, 4.69) is 15.4 Å². The molecule has 0 radical (unpaired) electrons. The third-order valence-corrected chi connectivity index (χ3v) is 4.69. The number of nitrogens with one attached hydrogen (secondary N) is 1. The highest BCUT2D eigenvalue weighted by atomic mass is 32.2. The minimum Gasteiger partial charge on any atom is -0.497 e. The third kappa shape index (κ3) is 4.02. The van der Waals surface area contributed by atoms with Crippen LogP contribution in [0.1, 0.15) is 11.1 Å². The second-order valence-corrected chi connectivity index (χ2v) is 7.74. The summed E-state index contributed by atoms with van der Waals surface area (Å²) < 4.78 is 30.2. The molecular weight excluding hydrogens is 352 g/mol. The molecule has 0 fully saturated rings. The van der Waals surface area contributed by atoms with Crippen molar-refractivity contribution in [2.75, 3.05) is 18.7 Å². The molecule has 136 valence electrons. The number of hydrogen-bond acceptors (Lipinski definition) is 6. The van der Waals surface area contributed by atoms with E-state index in [0.29, 0.717) is 12.4 Å². The number of aryl methyl sites for hydroxylation is 1. The SMILES string of the molecule is COc1ccc(CNc2nc(-c3ccc(C)cc3)nn2S(C)(=O)=O)cc1. The van der Waals surface area contributed by atoms with Gasteiger partial charge in [0, 0.05) is 12.1 Å². The fraction of sp³-hybridized carbons (Fsp3) is 0.222. The van der Waals surface area contributed by atoms with E-state index < -0.39 is 10.0 Å². The normalized spacial score (nSPS) is 11.3. The molecule has 0 aliphatic heterocycles. The van der Waals surface area contributed by atoms with Gasteiger partial charge in [0.1, 0.15) is 5.75 Å². The minimum absolute atomic E-state index is 0.180. The van der Waals surface area contributed by atoms with E-state index in [1.54, 1.807) is 7.11 Å². The Bertz CT molecular complexity index is 994. The van der Waals surface area contributed by atoms with E-state index in [-0.39, 0.29) is 5.95 Å². The predicted octanol–water partition coefficient (Wildman–Crippen LogP) is 2.68. The minimum atomic E-state index is -3.58. The lowest BCUT2D eigenvalue weighted by molar-refractivity contribution is 0.414. The van der Waals surface area contributed by atoms with Crippen LogP contribution in [0.15, 0.2) is 48.5 Å². The Morgan fingerprint density at radius 2 is 1.73 bits per heavy atom. The van der Waals surface area contributed by atoms with E-state index in [1.807, 2.05) is 55.5 Å². The van der Waals surface area contributed by atoms with Crippen molar-refractivity contribution in [3.05, 3.63) is 59.7 Å². The van der Waals surface area contributed by atoms with Crippen molar-refractivity contribution in [2.45, 2.75) is 13.5 Å². The first kappa shape index (κ1) is 17.9. The lowest BCUT2D eigenvalue weighted by Gasteiger charge is -2.07. The van der Waals surface area contributed by atoms with Crippen LogP contribution >= 0.6 is 0 Å². The van der Waals surface area contributed by atoms with Crippen LogP contribution in [0, 0.1) is 6.92 Å². The van der Waals surface area contributed by atoms with E-state index in [1.165, 1.54) is 0 Å². The Morgan fingerprint density at radius 1 is 1.08 bits per heavy atom. The molecule has 1 N–H and O–H groups in total. The standard InChI is InChI=1S/C18H20N4O3S/c1-13-4-8-15(9-5-13)17-20-18(22(21-17)26(3,23)24)19-12-14-6-10-16(25-2)11-7-14/h4-11H,12H2,1-3H3,(H,19,20,21). The maximum absolute atomic E-state index is 12.1. The van der Waals surface area contributed by atoms with Gasteiger partial charge in [-0.15, -0.1) is 9.19 Å². The van der Waals surface area contributed by atoms with Crippen LogP contribution in [-0.2, 0) is 16.6 Å². The van der Waals surface area contributed by atoms with Gasteiger partial charge in [0.25, 0.3) is 10.0 Å². The summed E-state index contributed by atoms with van der Waals surface area (Å²) >= 11 is 0. The van der Waals surface area contributed by atoms with Crippen LogP contribution in [0.5, 0.6) is 5.75 Å². The van der Waals surface area contributed by atoms with Gasteiger partial charge in [-0.25, -0.2) is 8.42 Å². The molecule has 3 rings (SSSR count). The summed E-state index contributed by atoms with van der Waals surface area (Å²) in [5.41, 5.74) is 2.82. The first-order chi connectivity index (χ1) is 12.4. The Balaban J connectivity index is 1.88. The van der Waals surface area contributed by atoms with Gasteiger partial charge in [-0.3, -0.25) is 0 Å². The van der Waals surface area contributed by atoms with Crippen LogP contribution in [0.2, 0.25) is 0 Å². The molecule has 0 saturated carbocycles. The summed E-state index contributed by atoms with van der Waals surface area (Å²) in [6.45, 7) is 2.39. The zero-order valence-electron chi connectivity index (χ0n) is 14.8. The number of benzene rings is 2. The highest BCUT2D eigenvalue weighted by Crippen LogP contribution is 2.20. The smallest absolute Gasteiger partial charge is 0.254 e. The van der Waals surface area contributed by atoms with Gasteiger partial charge in [0.2, 0.25) is 5.95 Å². The summed E-state index contributed by atoms with van der Waals surface area (Å²) in [5.74, 6) is 1.29. The molecule has 8 heteroatoms. The van der Waals surface area contributed by atoms with E-state index in [9.17, 15) is 8.42 Å². The van der Waals surface area contributed by atoms with E-state index in [4.69, 9.17) is 4.74 Å². The summed E-state index contributed by atoms with van der Waals surface area (Å²) in [6, 6.07) is 15.1. The predicted molar refractivity (Wildman–Crippen MR) is 101 cm³/mol. The molecule has 26 heavy (non-hydrogen) atoms. The zero-order chi connectivity index (χ0) is 18.7. The lowest BCUT2D eigenvalue weighted by atomic mass is 10.1. The number of ether oxygens (including phenoxy) is 1. The first-order valence-electron chi connectivity index (χ1n) is 7.98. The van der Waals surface area contributed by atoms with Crippen molar-refractivity contribution in [1.29, 1.82) is 0 Å². The quantitative estimate of drug-likeness (QED) is 0.716. The van der Waals surface area contributed by atoms with Crippen LogP contribution in [0.25, 0.3) is 11.4 Å². The summed E-state index contributed by atoms with van der Waals surface area (Å²) in [4.78, 5) is 4.36. The van der Waals surface area contributed by atoms with Gasteiger partial charge in [-0.05, 0) is 24.6 Å². The molecule has 0 spiro atoms. The lowest BCUT2D eigenvalue weighted by Crippen LogP contribution is -2.16. The highest BCUT2D eigenvalue weighted by Gasteiger charge is 2.18. The Morgan fingerprint density at radius 3 is 2.31 bits per heavy atom. The maximum Gasteiger partial charge on any atom is 0.254 e. The van der Waals surface area contributed by atoms with Crippen molar-refractivity contribution in [1.82, 2.24) is 14.2 Å². The van der Waals surface area contributed by atoms with Crippen LogP contribution in [0.3, 0.4) is 0 Å². The molecule has 0 saturated heterocycles. The van der Waals surface area contributed by atoms with Crippen molar-refractivity contribution in [3.8, 4) is 17.1 Å². The van der Waals surface area contributed by atoms with Gasteiger partial charge in [-0.1, -0.05) is 42.0 Å². The molecule has 0 aliphatic rings. The maximum atomic E-state index is 12.1. The zero-order valence-corrected chi connectivity index (χ0v) is 15.6. The second-order valence-electron chi connectivity index (χ2n) is 5.93. The van der Waals surface area contributed by atoms with Crippen molar-refractivity contribution >= 4 is 16.0 Å². The fourth-order valence-electron chi connectivity index (χ4n) is 2.39. The van der Waals surface area contributed by atoms with Crippen LogP contribution in [0.4, 0.5) is 5.95 Å². The van der Waals surface area contributed by atoms with Crippen LogP contribution in [-0.4, -0.2) is 36.0 Å². The number of hydrogen-bond donors (Lipinski definition) is 1. The molecule has 1 aromatic heterocycles. The van der Waals surface area contributed by atoms with Crippen molar-refractivity contribution in [3.63, 3.8) is 0 Å². The summed E-state index contributed by atoms with van der Waals surface area (Å²) in [5, 5.41) is 7.20. The molecule has 0 bridgehead atoms. The average Bonchev–Trinajstić information content (AvgIpc) is 3.06. The number of nitrogens with zero attached hydrogens (tertiary/aromatic N) is 3. The first-order valence-corrected chi connectivity index (χ1v) is 9.83. The average molecular weight is 372 g/mol. The van der Waals surface area contributed by atoms with Gasteiger partial charge in [0.15, 0.2) is 5.82 Å². The monoisotopic (exact) mass is 372 g/mol. The largest absolute Gasteiger partial charge is 0.497 e. The topological polar surface area (TPSA) is 86.1 Å². The number of rotatable bonds is 6. The summed E-state index contributed by atoms with van der Waals surface area (Å²) in [6.07, 6.45) is 1.10. The number of methoxy groups -OCH3 is 1. The number of anilines is 1. The summed E-state index contributed by atoms with van der Waals surface area (Å²) in [7, 11) is -1.98. The third-order valence-electron chi connectivity index (χ3n) is 3.81. The molecule has 0 aliphatic carbocycles. The fourth-order valence-corrected chi connectivity index (χ4v) is 3.03. The number of aromatic nitrogens is 3. The van der Waals surface area contributed by atoms with Gasteiger partial charge >= 0.3 is 0 Å². The molecule has 2 aromatic carbocycles. The molecule has 3 aromatic rings. The Labute approximate surface area is 152 Å². The second kappa shape index (κ2) is 7.17. The van der Waals surface area contributed by atoms with Crippen molar-refractivity contribution < 1.29 is 13.2 Å². The van der Waals surface area contributed by atoms with E-state index in [0.717, 1.165) is 32.8 Å². The van der Waals surface area contributed by atoms with Gasteiger partial charge in [-0.2, -0.15) is 4.98 Å². The molecule has 1 heterocycles. The van der Waals surface area contributed by atoms with Crippen LogP contribution < -0.4 is 10.1 Å². The molecular formula is C18H20N4O3S. The molecule has 0 unspecified atom stereocenters. The molecule has 7 nitrogen and oxygen atoms in total.